The maximum absolute atomic E-state index is 5.63. The fraction of sp³-hybridized carbons (Fsp3) is 0.538. The maximum atomic E-state index is 5.63. The van der Waals surface area contributed by atoms with Crippen LogP contribution in [0.1, 0.15) is 11.1 Å². The molecule has 0 fully saturated rings. The average Bonchev–Trinajstić information content (AvgIpc) is 2.29. The Morgan fingerprint density at radius 2 is 1.75 bits per heavy atom. The SMILES string of the molecule is COCCOCCOc1cccc(C)c1C. The van der Waals surface area contributed by atoms with E-state index in [1.54, 1.807) is 7.11 Å². The molecule has 0 aliphatic rings. The first-order valence-electron chi connectivity index (χ1n) is 5.51. The quantitative estimate of drug-likeness (QED) is 0.665. The summed E-state index contributed by atoms with van der Waals surface area (Å²) in [6.07, 6.45) is 0. The summed E-state index contributed by atoms with van der Waals surface area (Å²) in [5, 5.41) is 0. The van der Waals surface area contributed by atoms with E-state index in [2.05, 4.69) is 19.9 Å². The van der Waals surface area contributed by atoms with Crippen LogP contribution >= 0.6 is 0 Å². The van der Waals surface area contributed by atoms with E-state index in [-0.39, 0.29) is 0 Å². The number of benzene rings is 1. The molecule has 1 aromatic rings. The van der Waals surface area contributed by atoms with E-state index < -0.39 is 0 Å². The van der Waals surface area contributed by atoms with E-state index in [1.807, 2.05) is 12.1 Å². The molecule has 0 amide bonds. The first-order chi connectivity index (χ1) is 7.75. The number of ether oxygens (including phenoxy) is 3. The van der Waals surface area contributed by atoms with Gasteiger partial charge in [-0.1, -0.05) is 12.1 Å². The van der Waals surface area contributed by atoms with Gasteiger partial charge in [0.05, 0.1) is 19.8 Å². The van der Waals surface area contributed by atoms with E-state index in [0.29, 0.717) is 26.4 Å². The van der Waals surface area contributed by atoms with Gasteiger partial charge in [0.1, 0.15) is 12.4 Å². The lowest BCUT2D eigenvalue weighted by Crippen LogP contribution is -2.10. The van der Waals surface area contributed by atoms with Crippen LogP contribution in [0, 0.1) is 13.8 Å². The molecule has 0 aliphatic heterocycles. The van der Waals surface area contributed by atoms with Gasteiger partial charge >= 0.3 is 0 Å². The van der Waals surface area contributed by atoms with Crippen molar-refractivity contribution in [2.45, 2.75) is 13.8 Å². The largest absolute Gasteiger partial charge is 0.491 e. The van der Waals surface area contributed by atoms with Crippen molar-refractivity contribution >= 4 is 0 Å². The van der Waals surface area contributed by atoms with E-state index in [9.17, 15) is 0 Å². The smallest absolute Gasteiger partial charge is 0.122 e. The van der Waals surface area contributed by atoms with Gasteiger partial charge in [0.25, 0.3) is 0 Å². The van der Waals surface area contributed by atoms with Crippen LogP contribution in [0.15, 0.2) is 18.2 Å². The summed E-state index contributed by atoms with van der Waals surface area (Å²) < 4.78 is 15.8. The molecule has 90 valence electrons. The van der Waals surface area contributed by atoms with Gasteiger partial charge in [0, 0.05) is 7.11 Å². The molecule has 0 aliphatic carbocycles. The summed E-state index contributed by atoms with van der Waals surface area (Å²) in [5.41, 5.74) is 2.44. The predicted octanol–water partition coefficient (Wildman–Crippen LogP) is 2.35. The third-order valence-electron chi connectivity index (χ3n) is 2.47. The molecule has 0 N–H and O–H groups in total. The van der Waals surface area contributed by atoms with Crippen LogP contribution in [0.3, 0.4) is 0 Å². The van der Waals surface area contributed by atoms with E-state index in [0.717, 1.165) is 5.75 Å². The summed E-state index contributed by atoms with van der Waals surface area (Å²) in [5.74, 6) is 0.940. The second-order valence-electron chi connectivity index (χ2n) is 3.65. The van der Waals surface area contributed by atoms with Gasteiger partial charge in [0.15, 0.2) is 0 Å². The Hall–Kier alpha value is -1.06. The Balaban J connectivity index is 2.24. The highest BCUT2D eigenvalue weighted by atomic mass is 16.5. The Kier molecular flexibility index (Phi) is 5.90. The van der Waals surface area contributed by atoms with Crippen molar-refractivity contribution in [2.24, 2.45) is 0 Å². The molecule has 0 aromatic heterocycles. The number of rotatable bonds is 7. The van der Waals surface area contributed by atoms with Crippen LogP contribution in [-0.2, 0) is 9.47 Å². The van der Waals surface area contributed by atoms with Crippen molar-refractivity contribution in [3.05, 3.63) is 29.3 Å². The lowest BCUT2D eigenvalue weighted by atomic mass is 10.1. The van der Waals surface area contributed by atoms with Crippen molar-refractivity contribution < 1.29 is 14.2 Å². The second kappa shape index (κ2) is 7.25. The molecule has 3 heteroatoms. The summed E-state index contributed by atoms with van der Waals surface area (Å²) in [6, 6.07) is 6.07. The fourth-order valence-electron chi connectivity index (χ4n) is 1.34. The Labute approximate surface area is 97.3 Å². The lowest BCUT2D eigenvalue weighted by Gasteiger charge is -2.10. The van der Waals surface area contributed by atoms with Crippen LogP contribution < -0.4 is 4.74 Å². The fourth-order valence-corrected chi connectivity index (χ4v) is 1.34. The highest BCUT2D eigenvalue weighted by Crippen LogP contribution is 2.20. The van der Waals surface area contributed by atoms with Gasteiger partial charge in [-0.05, 0) is 31.0 Å². The number of methoxy groups -OCH3 is 1. The van der Waals surface area contributed by atoms with Crippen LogP contribution in [0.4, 0.5) is 0 Å². The zero-order chi connectivity index (χ0) is 11.8. The summed E-state index contributed by atoms with van der Waals surface area (Å²) in [6.45, 7) is 6.56. The third kappa shape index (κ3) is 4.21. The van der Waals surface area contributed by atoms with E-state index in [1.165, 1.54) is 11.1 Å². The van der Waals surface area contributed by atoms with Gasteiger partial charge in [-0.3, -0.25) is 0 Å². The van der Waals surface area contributed by atoms with Crippen molar-refractivity contribution in [1.29, 1.82) is 0 Å². The Morgan fingerprint density at radius 1 is 1.00 bits per heavy atom. The highest BCUT2D eigenvalue weighted by Gasteiger charge is 2.00. The standard InChI is InChI=1S/C13H20O3/c1-11-5-4-6-13(12(11)2)16-10-9-15-8-7-14-3/h4-6H,7-10H2,1-3H3. The molecule has 1 rings (SSSR count). The zero-order valence-electron chi connectivity index (χ0n) is 10.3. The summed E-state index contributed by atoms with van der Waals surface area (Å²) in [4.78, 5) is 0. The van der Waals surface area contributed by atoms with Crippen molar-refractivity contribution in [1.82, 2.24) is 0 Å². The van der Waals surface area contributed by atoms with Gasteiger partial charge in [0.2, 0.25) is 0 Å². The predicted molar refractivity (Wildman–Crippen MR) is 64.1 cm³/mol. The van der Waals surface area contributed by atoms with Crippen LogP contribution in [-0.4, -0.2) is 33.5 Å². The molecule has 0 atom stereocenters. The first-order valence-corrected chi connectivity index (χ1v) is 5.51. The zero-order valence-corrected chi connectivity index (χ0v) is 10.3. The minimum Gasteiger partial charge on any atom is -0.491 e. The molecule has 0 radical (unpaired) electrons. The molecule has 0 bridgehead atoms. The molecule has 0 saturated heterocycles. The first kappa shape index (κ1) is 13.0. The van der Waals surface area contributed by atoms with Crippen molar-refractivity contribution in [3.8, 4) is 5.75 Å². The average molecular weight is 224 g/mol. The molecule has 0 heterocycles. The lowest BCUT2D eigenvalue weighted by molar-refractivity contribution is 0.0543. The molecule has 0 spiro atoms. The summed E-state index contributed by atoms with van der Waals surface area (Å²) >= 11 is 0. The third-order valence-corrected chi connectivity index (χ3v) is 2.47. The van der Waals surface area contributed by atoms with Crippen molar-refractivity contribution in [3.63, 3.8) is 0 Å². The molecule has 3 nitrogen and oxygen atoms in total. The van der Waals surface area contributed by atoms with Gasteiger partial charge in [-0.2, -0.15) is 0 Å². The molecule has 1 aromatic carbocycles. The molecular weight excluding hydrogens is 204 g/mol. The number of hydrogen-bond acceptors (Lipinski definition) is 3. The van der Waals surface area contributed by atoms with Crippen LogP contribution in [0.2, 0.25) is 0 Å². The Morgan fingerprint density at radius 3 is 2.50 bits per heavy atom. The molecule has 16 heavy (non-hydrogen) atoms. The van der Waals surface area contributed by atoms with Crippen molar-refractivity contribution in [2.75, 3.05) is 33.5 Å². The molecule has 0 saturated carbocycles. The van der Waals surface area contributed by atoms with E-state index >= 15 is 0 Å². The second-order valence-corrected chi connectivity index (χ2v) is 3.65. The Bertz CT molecular complexity index is 310. The molecular formula is C13H20O3. The van der Waals surface area contributed by atoms with Crippen LogP contribution in [0.25, 0.3) is 0 Å². The minimum absolute atomic E-state index is 0.577. The molecule has 0 unspecified atom stereocenters. The summed E-state index contributed by atoms with van der Waals surface area (Å²) in [7, 11) is 1.66. The van der Waals surface area contributed by atoms with E-state index in [4.69, 9.17) is 14.2 Å². The maximum Gasteiger partial charge on any atom is 0.122 e. The number of hydrogen-bond donors (Lipinski definition) is 0. The van der Waals surface area contributed by atoms with Gasteiger partial charge < -0.3 is 14.2 Å². The number of aryl methyl sites for hydroxylation is 1. The van der Waals surface area contributed by atoms with Gasteiger partial charge in [-0.15, -0.1) is 0 Å². The van der Waals surface area contributed by atoms with Gasteiger partial charge in [-0.25, -0.2) is 0 Å². The monoisotopic (exact) mass is 224 g/mol. The topological polar surface area (TPSA) is 27.7 Å². The van der Waals surface area contributed by atoms with Crippen LogP contribution in [0.5, 0.6) is 5.75 Å². The normalized spacial score (nSPS) is 10.4. The highest BCUT2D eigenvalue weighted by molar-refractivity contribution is 5.38. The minimum atomic E-state index is 0.577.